The molecule has 10 heteroatoms. The predicted molar refractivity (Wildman–Crippen MR) is 170 cm³/mol. The van der Waals surface area contributed by atoms with Gasteiger partial charge in [0.15, 0.2) is 5.78 Å². The lowest BCUT2D eigenvalue weighted by atomic mass is 9.85. The Labute approximate surface area is 255 Å². The fourth-order valence-electron chi connectivity index (χ4n) is 4.98. The van der Waals surface area contributed by atoms with Crippen LogP contribution in [0.15, 0.2) is 73.5 Å². The van der Waals surface area contributed by atoms with E-state index in [0.29, 0.717) is 45.7 Å². The molecule has 2 aliphatic rings. The van der Waals surface area contributed by atoms with E-state index in [1.165, 1.54) is 6.92 Å². The summed E-state index contributed by atoms with van der Waals surface area (Å²) in [6, 6.07) is 9.21. The Balaban J connectivity index is 0.000000517. The minimum absolute atomic E-state index is 0.110. The van der Waals surface area contributed by atoms with Gasteiger partial charge in [0.2, 0.25) is 5.91 Å². The molecule has 0 saturated heterocycles. The van der Waals surface area contributed by atoms with Gasteiger partial charge in [0, 0.05) is 59.5 Å². The van der Waals surface area contributed by atoms with Crippen LogP contribution in [0.3, 0.4) is 0 Å². The third-order valence-corrected chi connectivity index (χ3v) is 7.26. The van der Waals surface area contributed by atoms with Crippen LogP contribution in [0.4, 0.5) is 0 Å². The number of primary amides is 1. The van der Waals surface area contributed by atoms with Gasteiger partial charge in [-0.2, -0.15) is 5.10 Å². The number of aryl methyl sites for hydroxylation is 1. The van der Waals surface area contributed by atoms with Crippen molar-refractivity contribution in [1.29, 1.82) is 0 Å². The van der Waals surface area contributed by atoms with E-state index in [9.17, 15) is 9.59 Å². The number of fused-ring (bicyclic) bond motifs is 3. The van der Waals surface area contributed by atoms with E-state index >= 15 is 0 Å². The zero-order chi connectivity index (χ0) is 30.4. The molecule has 0 unspecified atom stereocenters. The third kappa shape index (κ3) is 6.68. The normalized spacial score (nSPS) is 13.2. The summed E-state index contributed by atoms with van der Waals surface area (Å²) in [6.07, 6.45) is 8.40. The predicted octanol–water partition coefficient (Wildman–Crippen LogP) is 5.46. The molecular weight excluding hydrogens is 573 g/mol. The number of methoxy groups -OCH3 is 1. The molecule has 42 heavy (non-hydrogen) atoms. The van der Waals surface area contributed by atoms with Gasteiger partial charge in [-0.15, -0.1) is 13.2 Å². The molecule has 1 aromatic heterocycles. The van der Waals surface area contributed by atoms with Crippen molar-refractivity contribution in [3.05, 3.63) is 106 Å². The first-order chi connectivity index (χ1) is 20.2. The Morgan fingerprint density at radius 2 is 1.79 bits per heavy atom. The zero-order valence-corrected chi connectivity index (χ0v) is 25.1. The second kappa shape index (κ2) is 13.7. The first kappa shape index (κ1) is 30.8. The standard InChI is InChI=1S/C26H22Cl2N4O3.C6H11N/c1-13(33)24-20-4-3-14-6-23(35-2)21(15-5-16(26(29)34)12-30-11-15)10-22(14)25(20)32(31-24)19-8-17(27)7-18(28)9-19;1-3-5-7-6-4-2/h5-10,12,30H,3-4,11H2,1-2H3,(H2,29,34);3-4,7H,1-2,5-6H2. The molecule has 1 aliphatic carbocycles. The molecule has 1 amide bonds. The van der Waals surface area contributed by atoms with Crippen LogP contribution >= 0.6 is 23.2 Å². The highest BCUT2D eigenvalue weighted by atomic mass is 35.5. The summed E-state index contributed by atoms with van der Waals surface area (Å²) < 4.78 is 7.46. The van der Waals surface area contributed by atoms with Crippen molar-refractivity contribution in [2.45, 2.75) is 19.8 Å². The smallest absolute Gasteiger partial charge is 0.250 e. The van der Waals surface area contributed by atoms with Crippen molar-refractivity contribution in [2.75, 3.05) is 26.7 Å². The van der Waals surface area contributed by atoms with Crippen molar-refractivity contribution in [3.63, 3.8) is 0 Å². The van der Waals surface area contributed by atoms with Gasteiger partial charge in [-0.1, -0.05) is 35.4 Å². The number of Topliss-reactive ketones (excluding diaryl/α,β-unsaturated/α-hetero) is 1. The minimum Gasteiger partial charge on any atom is -0.496 e. The maximum Gasteiger partial charge on any atom is 0.250 e. The first-order valence-corrected chi connectivity index (χ1v) is 14.1. The molecule has 0 fully saturated rings. The van der Waals surface area contributed by atoms with Crippen molar-refractivity contribution >= 4 is 40.5 Å². The Bertz CT molecular complexity index is 1590. The van der Waals surface area contributed by atoms with Crippen LogP contribution in [0.1, 0.15) is 34.1 Å². The van der Waals surface area contributed by atoms with E-state index in [2.05, 4.69) is 28.9 Å². The van der Waals surface area contributed by atoms with Gasteiger partial charge in [0.05, 0.1) is 24.1 Å². The number of ketones is 1. The minimum atomic E-state index is -0.518. The van der Waals surface area contributed by atoms with E-state index in [1.807, 2.05) is 24.3 Å². The van der Waals surface area contributed by atoms with Gasteiger partial charge < -0.3 is 21.1 Å². The van der Waals surface area contributed by atoms with E-state index in [0.717, 1.165) is 53.0 Å². The molecule has 0 saturated carbocycles. The molecule has 8 nitrogen and oxygen atoms in total. The number of nitrogens with two attached hydrogens (primary N) is 1. The summed E-state index contributed by atoms with van der Waals surface area (Å²) in [5, 5.41) is 11.8. The Morgan fingerprint density at radius 3 is 2.38 bits per heavy atom. The fourth-order valence-corrected chi connectivity index (χ4v) is 5.49. The van der Waals surface area contributed by atoms with Crippen molar-refractivity contribution < 1.29 is 14.3 Å². The van der Waals surface area contributed by atoms with Crippen LogP contribution in [-0.4, -0.2) is 48.2 Å². The summed E-state index contributed by atoms with van der Waals surface area (Å²) in [5.74, 6) is 0.0614. The molecule has 0 atom stereocenters. The highest BCUT2D eigenvalue weighted by molar-refractivity contribution is 6.34. The first-order valence-electron chi connectivity index (χ1n) is 13.4. The molecule has 2 aromatic carbocycles. The quantitative estimate of drug-likeness (QED) is 0.170. The van der Waals surface area contributed by atoms with Gasteiger partial charge in [0.1, 0.15) is 11.4 Å². The number of hydrogen-bond acceptors (Lipinski definition) is 6. The van der Waals surface area contributed by atoms with Gasteiger partial charge in [-0.3, -0.25) is 9.59 Å². The number of ether oxygens (including phenoxy) is 1. The Hall–Kier alpha value is -4.11. The van der Waals surface area contributed by atoms with Crippen molar-refractivity contribution in [3.8, 4) is 22.7 Å². The molecule has 0 spiro atoms. The van der Waals surface area contributed by atoms with E-state index < -0.39 is 5.91 Å². The molecule has 3 aromatic rings. The second-order valence-electron chi connectivity index (χ2n) is 9.73. The zero-order valence-electron chi connectivity index (χ0n) is 23.6. The fraction of sp³-hybridized carbons (Fsp3) is 0.219. The monoisotopic (exact) mass is 605 g/mol. The lowest BCUT2D eigenvalue weighted by molar-refractivity contribution is -0.114. The number of benzene rings is 2. The van der Waals surface area contributed by atoms with E-state index in [-0.39, 0.29) is 5.78 Å². The average Bonchev–Trinajstić information content (AvgIpc) is 3.37. The second-order valence-corrected chi connectivity index (χ2v) is 10.6. The molecule has 5 rings (SSSR count). The molecular formula is C32H33Cl2N5O3. The highest BCUT2D eigenvalue weighted by Gasteiger charge is 2.29. The number of carbonyl (C=O) groups is 2. The Kier molecular flexibility index (Phi) is 10.1. The van der Waals surface area contributed by atoms with Gasteiger partial charge in [0.25, 0.3) is 0 Å². The SMILES string of the molecule is C=CCNCC=C.COc1cc2c(cc1C1=CC(C(N)=O)=CNC1)-c1c(c(C(C)=O)nn1-c1cc(Cl)cc(Cl)c1)CC2. The summed E-state index contributed by atoms with van der Waals surface area (Å²) in [4.78, 5) is 24.3. The molecule has 4 N–H and O–H groups in total. The van der Waals surface area contributed by atoms with Crippen molar-refractivity contribution in [2.24, 2.45) is 5.73 Å². The number of halogens is 2. The summed E-state index contributed by atoms with van der Waals surface area (Å²) in [5.41, 5.74) is 12.3. The van der Waals surface area contributed by atoms with Crippen LogP contribution in [0.2, 0.25) is 10.0 Å². The molecule has 0 radical (unpaired) electrons. The van der Waals surface area contributed by atoms with Crippen LogP contribution in [0, 0.1) is 0 Å². The topological polar surface area (TPSA) is 111 Å². The number of hydrogen-bond donors (Lipinski definition) is 3. The third-order valence-electron chi connectivity index (χ3n) is 6.82. The summed E-state index contributed by atoms with van der Waals surface area (Å²) in [6.45, 7) is 10.8. The number of amides is 1. The summed E-state index contributed by atoms with van der Waals surface area (Å²) >= 11 is 12.6. The number of dihydropyridines is 1. The van der Waals surface area contributed by atoms with Crippen LogP contribution in [0.25, 0.3) is 22.5 Å². The van der Waals surface area contributed by atoms with Gasteiger partial charge >= 0.3 is 0 Å². The molecule has 2 heterocycles. The Morgan fingerprint density at radius 1 is 1.10 bits per heavy atom. The van der Waals surface area contributed by atoms with E-state index in [4.69, 9.17) is 33.7 Å². The lowest BCUT2D eigenvalue weighted by Gasteiger charge is -2.23. The van der Waals surface area contributed by atoms with Crippen molar-refractivity contribution in [1.82, 2.24) is 20.4 Å². The number of aromatic nitrogens is 2. The highest BCUT2D eigenvalue weighted by Crippen LogP contribution is 2.42. The maximum absolute atomic E-state index is 12.5. The van der Waals surface area contributed by atoms with Crippen LogP contribution < -0.4 is 21.1 Å². The average molecular weight is 607 g/mol. The van der Waals surface area contributed by atoms with Crippen LogP contribution in [-0.2, 0) is 17.6 Å². The largest absolute Gasteiger partial charge is 0.496 e. The molecule has 218 valence electrons. The van der Waals surface area contributed by atoms with E-state index in [1.54, 1.807) is 42.3 Å². The van der Waals surface area contributed by atoms with Gasteiger partial charge in [-0.25, -0.2) is 4.68 Å². The maximum atomic E-state index is 12.5. The number of rotatable bonds is 9. The summed E-state index contributed by atoms with van der Waals surface area (Å²) in [7, 11) is 1.62. The molecule has 1 aliphatic heterocycles. The lowest BCUT2D eigenvalue weighted by Crippen LogP contribution is -2.22. The number of nitrogens with zero attached hydrogens (tertiary/aromatic N) is 2. The number of nitrogens with one attached hydrogen (secondary N) is 2. The van der Waals surface area contributed by atoms with Gasteiger partial charge in [-0.05, 0) is 60.4 Å². The molecule has 0 bridgehead atoms. The number of carbonyl (C=O) groups excluding carboxylic acids is 2. The van der Waals surface area contributed by atoms with Crippen LogP contribution in [0.5, 0.6) is 5.75 Å².